The number of anilines is 1. The number of hydrogen-bond acceptors (Lipinski definition) is 4. The number of benzene rings is 2. The molecule has 25 heavy (non-hydrogen) atoms. The van der Waals surface area contributed by atoms with E-state index in [9.17, 15) is 14.4 Å². The fraction of sp³-hybridized carbons (Fsp3) is 0.211. The minimum Gasteiger partial charge on any atom is -0.475 e. The molecule has 0 atom stereocenters. The Labute approximate surface area is 150 Å². The van der Waals surface area contributed by atoms with Crippen LogP contribution in [-0.2, 0) is 16.0 Å². The summed E-state index contributed by atoms with van der Waals surface area (Å²) in [4.78, 5) is 36.1. The Hall–Kier alpha value is -2.66. The van der Waals surface area contributed by atoms with Crippen LogP contribution in [0.4, 0.5) is 5.69 Å². The highest BCUT2D eigenvalue weighted by molar-refractivity contribution is 6.37. The van der Waals surface area contributed by atoms with Crippen LogP contribution >= 0.6 is 11.6 Å². The molecule has 2 rings (SSSR count). The summed E-state index contributed by atoms with van der Waals surface area (Å²) in [5, 5.41) is 9.30. The number of rotatable bonds is 7. The number of carbonyl (C=O) groups is 3. The standard InChI is InChI=1S/C19H18ClNO4/c1-21(2)16-9-13(6-12-4-3-5-15(20)8-12)7-14(10-16)17(22)11-18(23)19(24)25/h3-5,7-10H,6,11H2,1-2H3,(H,24,25). The number of carboxylic acid groups (broad SMARTS) is 1. The zero-order valence-electron chi connectivity index (χ0n) is 14.0. The normalized spacial score (nSPS) is 10.4. The van der Waals surface area contributed by atoms with Gasteiger partial charge in [0.2, 0.25) is 5.78 Å². The molecule has 0 heterocycles. The molecule has 0 aromatic heterocycles. The first-order valence-corrected chi connectivity index (χ1v) is 7.99. The first-order chi connectivity index (χ1) is 11.8. The maximum atomic E-state index is 12.3. The SMILES string of the molecule is CN(C)c1cc(Cc2cccc(Cl)c2)cc(C(=O)CC(=O)C(=O)O)c1. The summed E-state index contributed by atoms with van der Waals surface area (Å²) in [5.74, 6) is -3.23. The summed E-state index contributed by atoms with van der Waals surface area (Å²) in [6.07, 6.45) is -0.0851. The van der Waals surface area contributed by atoms with E-state index in [1.54, 1.807) is 18.2 Å². The van der Waals surface area contributed by atoms with Crippen LogP contribution in [-0.4, -0.2) is 36.7 Å². The van der Waals surface area contributed by atoms with Gasteiger partial charge in [0.05, 0.1) is 6.42 Å². The van der Waals surface area contributed by atoms with Gasteiger partial charge in [0.1, 0.15) is 0 Å². The molecular formula is C19H18ClNO4. The van der Waals surface area contributed by atoms with Crippen LogP contribution in [0.5, 0.6) is 0 Å². The molecular weight excluding hydrogens is 342 g/mol. The maximum absolute atomic E-state index is 12.3. The van der Waals surface area contributed by atoms with Gasteiger partial charge < -0.3 is 10.0 Å². The van der Waals surface area contributed by atoms with Crippen molar-refractivity contribution >= 4 is 34.8 Å². The molecule has 0 fully saturated rings. The molecule has 0 unspecified atom stereocenters. The summed E-state index contributed by atoms with van der Waals surface area (Å²) in [5.41, 5.74) is 2.98. The van der Waals surface area contributed by atoms with Crippen LogP contribution in [0.1, 0.15) is 27.9 Å². The second-order valence-electron chi connectivity index (χ2n) is 5.92. The largest absolute Gasteiger partial charge is 0.475 e. The van der Waals surface area contributed by atoms with E-state index in [-0.39, 0.29) is 0 Å². The van der Waals surface area contributed by atoms with Crippen LogP contribution in [0, 0.1) is 0 Å². The maximum Gasteiger partial charge on any atom is 0.372 e. The van der Waals surface area contributed by atoms with Gasteiger partial charge in [0.25, 0.3) is 0 Å². The smallest absolute Gasteiger partial charge is 0.372 e. The Bertz CT molecular complexity index is 830. The van der Waals surface area contributed by atoms with Crippen molar-refractivity contribution in [3.63, 3.8) is 0 Å². The molecule has 2 aromatic rings. The third-order valence-electron chi connectivity index (χ3n) is 3.67. The van der Waals surface area contributed by atoms with Gasteiger partial charge in [0.15, 0.2) is 5.78 Å². The Kier molecular flexibility index (Phi) is 5.93. The molecule has 6 heteroatoms. The van der Waals surface area contributed by atoms with Crippen molar-refractivity contribution in [1.29, 1.82) is 0 Å². The number of ketones is 2. The highest BCUT2D eigenvalue weighted by Gasteiger charge is 2.19. The van der Waals surface area contributed by atoms with Gasteiger partial charge in [-0.25, -0.2) is 4.79 Å². The number of hydrogen-bond donors (Lipinski definition) is 1. The minimum absolute atomic E-state index is 0.317. The molecule has 0 bridgehead atoms. The Morgan fingerprint density at radius 3 is 2.36 bits per heavy atom. The van der Waals surface area contributed by atoms with Crippen molar-refractivity contribution in [3.8, 4) is 0 Å². The van der Waals surface area contributed by atoms with Crippen LogP contribution < -0.4 is 4.90 Å². The molecule has 0 aliphatic carbocycles. The molecule has 5 nitrogen and oxygen atoms in total. The summed E-state index contributed by atoms with van der Waals surface area (Å²) in [7, 11) is 3.68. The van der Waals surface area contributed by atoms with Gasteiger partial charge in [-0.05, 0) is 47.9 Å². The lowest BCUT2D eigenvalue weighted by Gasteiger charge is -2.16. The predicted molar refractivity (Wildman–Crippen MR) is 96.6 cm³/mol. The van der Waals surface area contributed by atoms with E-state index in [0.29, 0.717) is 17.0 Å². The lowest BCUT2D eigenvalue weighted by molar-refractivity contribution is -0.148. The summed E-state index contributed by atoms with van der Waals surface area (Å²) >= 11 is 6.01. The summed E-state index contributed by atoms with van der Waals surface area (Å²) in [6.45, 7) is 0. The second-order valence-corrected chi connectivity index (χ2v) is 6.35. The molecule has 0 aliphatic rings. The van der Waals surface area contributed by atoms with E-state index in [1.807, 2.05) is 43.3 Å². The summed E-state index contributed by atoms with van der Waals surface area (Å²) < 4.78 is 0. The molecule has 130 valence electrons. The van der Waals surface area contributed by atoms with E-state index in [0.717, 1.165) is 16.8 Å². The van der Waals surface area contributed by atoms with Gasteiger partial charge in [-0.15, -0.1) is 0 Å². The van der Waals surface area contributed by atoms with Crippen molar-refractivity contribution in [2.75, 3.05) is 19.0 Å². The topological polar surface area (TPSA) is 74.7 Å². The highest BCUT2D eigenvalue weighted by atomic mass is 35.5. The Morgan fingerprint density at radius 2 is 1.76 bits per heavy atom. The molecule has 0 amide bonds. The second kappa shape index (κ2) is 7.94. The minimum atomic E-state index is -1.60. The van der Waals surface area contributed by atoms with Crippen LogP contribution in [0.25, 0.3) is 0 Å². The van der Waals surface area contributed by atoms with Crippen LogP contribution in [0.15, 0.2) is 42.5 Å². The van der Waals surface area contributed by atoms with E-state index >= 15 is 0 Å². The lowest BCUT2D eigenvalue weighted by Crippen LogP contribution is -2.18. The fourth-order valence-electron chi connectivity index (χ4n) is 2.40. The number of carboxylic acids is 1. The van der Waals surface area contributed by atoms with E-state index < -0.39 is 24.0 Å². The van der Waals surface area contributed by atoms with Gasteiger partial charge >= 0.3 is 5.97 Å². The third kappa shape index (κ3) is 5.16. The van der Waals surface area contributed by atoms with Gasteiger partial charge in [-0.3, -0.25) is 9.59 Å². The molecule has 0 aliphatic heterocycles. The Morgan fingerprint density at radius 1 is 1.04 bits per heavy atom. The highest BCUT2D eigenvalue weighted by Crippen LogP contribution is 2.22. The van der Waals surface area contributed by atoms with Crippen LogP contribution in [0.2, 0.25) is 5.02 Å². The first-order valence-electron chi connectivity index (χ1n) is 7.61. The number of Topliss-reactive ketones (excluding diaryl/α,β-unsaturated/α-hetero) is 2. The average molecular weight is 360 g/mol. The van der Waals surface area contributed by atoms with E-state index in [2.05, 4.69) is 0 Å². The predicted octanol–water partition coefficient (Wildman–Crippen LogP) is 3.22. The van der Waals surface area contributed by atoms with E-state index in [4.69, 9.17) is 16.7 Å². The summed E-state index contributed by atoms with van der Waals surface area (Å²) in [6, 6.07) is 12.7. The molecule has 0 spiro atoms. The number of halogens is 1. The van der Waals surface area contributed by atoms with Crippen LogP contribution in [0.3, 0.4) is 0 Å². The van der Waals surface area contributed by atoms with Gasteiger partial charge in [-0.2, -0.15) is 0 Å². The third-order valence-corrected chi connectivity index (χ3v) is 3.91. The zero-order valence-corrected chi connectivity index (χ0v) is 14.7. The molecule has 0 radical (unpaired) electrons. The molecule has 0 saturated heterocycles. The van der Waals surface area contributed by atoms with Gasteiger partial charge in [-0.1, -0.05) is 23.7 Å². The quantitative estimate of drug-likeness (QED) is 0.466. The van der Waals surface area contributed by atoms with E-state index in [1.165, 1.54) is 0 Å². The van der Waals surface area contributed by atoms with Crippen molar-refractivity contribution in [2.45, 2.75) is 12.8 Å². The number of nitrogens with zero attached hydrogens (tertiary/aromatic N) is 1. The number of aliphatic carboxylic acids is 1. The van der Waals surface area contributed by atoms with Crippen molar-refractivity contribution < 1.29 is 19.5 Å². The molecule has 1 N–H and O–H groups in total. The molecule has 0 saturated carbocycles. The zero-order chi connectivity index (χ0) is 18.6. The fourth-order valence-corrected chi connectivity index (χ4v) is 2.61. The molecule has 2 aromatic carbocycles. The number of carbonyl (C=O) groups excluding carboxylic acids is 2. The average Bonchev–Trinajstić information content (AvgIpc) is 2.54. The lowest BCUT2D eigenvalue weighted by atomic mass is 9.98. The first kappa shape index (κ1) is 18.7. The Balaban J connectivity index is 2.34. The van der Waals surface area contributed by atoms with Crippen molar-refractivity contribution in [3.05, 3.63) is 64.2 Å². The van der Waals surface area contributed by atoms with Gasteiger partial charge in [0, 0.05) is 30.4 Å². The monoisotopic (exact) mass is 359 g/mol. The van der Waals surface area contributed by atoms with Crippen molar-refractivity contribution in [1.82, 2.24) is 0 Å². The van der Waals surface area contributed by atoms with Crippen molar-refractivity contribution in [2.24, 2.45) is 0 Å².